The van der Waals surface area contributed by atoms with Crippen molar-refractivity contribution in [1.29, 1.82) is 0 Å². The number of carbonyl (C=O) groups is 2. The van der Waals surface area contributed by atoms with E-state index in [-0.39, 0.29) is 11.8 Å². The SMILES string of the molecule is CC(=O)Nc1ccc(NC(=O)c2cc(Br)ccc2OCCc2ccccc2)cc1. The number of ether oxygens (including phenoxy) is 1. The molecule has 3 aromatic carbocycles. The smallest absolute Gasteiger partial charge is 0.259 e. The van der Waals surface area contributed by atoms with Crippen LogP contribution in [0.2, 0.25) is 0 Å². The molecule has 0 aliphatic carbocycles. The highest BCUT2D eigenvalue weighted by Gasteiger charge is 2.14. The first-order chi connectivity index (χ1) is 14.0. The van der Waals surface area contributed by atoms with Crippen LogP contribution in [0.4, 0.5) is 11.4 Å². The number of hydrogen-bond acceptors (Lipinski definition) is 3. The van der Waals surface area contributed by atoms with Gasteiger partial charge in [0.1, 0.15) is 5.75 Å². The lowest BCUT2D eigenvalue weighted by atomic mass is 10.1. The number of amides is 2. The van der Waals surface area contributed by atoms with E-state index in [0.717, 1.165) is 10.9 Å². The van der Waals surface area contributed by atoms with Crippen molar-refractivity contribution in [1.82, 2.24) is 0 Å². The van der Waals surface area contributed by atoms with E-state index in [9.17, 15) is 9.59 Å². The van der Waals surface area contributed by atoms with Crippen LogP contribution in [0.25, 0.3) is 0 Å². The molecule has 0 aliphatic heterocycles. The van der Waals surface area contributed by atoms with Crippen LogP contribution >= 0.6 is 15.9 Å². The monoisotopic (exact) mass is 452 g/mol. The number of hydrogen-bond donors (Lipinski definition) is 2. The minimum atomic E-state index is -0.270. The van der Waals surface area contributed by atoms with Crippen molar-refractivity contribution in [3.05, 3.63) is 88.4 Å². The highest BCUT2D eigenvalue weighted by molar-refractivity contribution is 9.10. The Morgan fingerprint density at radius 2 is 1.55 bits per heavy atom. The van der Waals surface area contributed by atoms with Gasteiger partial charge >= 0.3 is 0 Å². The molecule has 3 aromatic rings. The molecule has 0 aromatic heterocycles. The molecule has 2 N–H and O–H groups in total. The molecule has 2 amide bonds. The van der Waals surface area contributed by atoms with E-state index in [1.54, 1.807) is 36.4 Å². The summed E-state index contributed by atoms with van der Waals surface area (Å²) in [5.41, 5.74) is 2.91. The summed E-state index contributed by atoms with van der Waals surface area (Å²) in [6.45, 7) is 1.92. The molecule has 0 unspecified atom stereocenters. The van der Waals surface area contributed by atoms with Gasteiger partial charge in [0.15, 0.2) is 0 Å². The van der Waals surface area contributed by atoms with Crippen molar-refractivity contribution in [2.75, 3.05) is 17.2 Å². The number of anilines is 2. The zero-order chi connectivity index (χ0) is 20.6. The second-order valence-corrected chi connectivity index (χ2v) is 7.35. The van der Waals surface area contributed by atoms with Crippen molar-refractivity contribution in [2.45, 2.75) is 13.3 Å². The van der Waals surface area contributed by atoms with E-state index in [2.05, 4.69) is 26.6 Å². The van der Waals surface area contributed by atoms with Crippen LogP contribution in [-0.2, 0) is 11.2 Å². The maximum atomic E-state index is 12.8. The zero-order valence-electron chi connectivity index (χ0n) is 15.9. The second-order valence-electron chi connectivity index (χ2n) is 6.44. The van der Waals surface area contributed by atoms with Crippen molar-refractivity contribution < 1.29 is 14.3 Å². The van der Waals surface area contributed by atoms with Crippen molar-refractivity contribution in [3.8, 4) is 5.75 Å². The highest BCUT2D eigenvalue weighted by atomic mass is 79.9. The van der Waals surface area contributed by atoms with E-state index < -0.39 is 0 Å². The average molecular weight is 453 g/mol. The first-order valence-corrected chi connectivity index (χ1v) is 9.96. The predicted octanol–water partition coefficient (Wildman–Crippen LogP) is 5.28. The molecule has 0 saturated carbocycles. The molecular formula is C23H21BrN2O3. The van der Waals surface area contributed by atoms with Gasteiger partial charge in [-0.1, -0.05) is 46.3 Å². The van der Waals surface area contributed by atoms with E-state index in [4.69, 9.17) is 4.74 Å². The lowest BCUT2D eigenvalue weighted by molar-refractivity contribution is -0.114. The van der Waals surface area contributed by atoms with Crippen molar-refractivity contribution in [3.63, 3.8) is 0 Å². The topological polar surface area (TPSA) is 67.4 Å². The molecule has 0 bridgehead atoms. The van der Waals surface area contributed by atoms with Gasteiger partial charge in [0, 0.05) is 29.2 Å². The molecule has 29 heavy (non-hydrogen) atoms. The maximum absolute atomic E-state index is 12.8. The summed E-state index contributed by atoms with van der Waals surface area (Å²) in [6, 6.07) is 22.3. The van der Waals surface area contributed by atoms with Crippen LogP contribution in [-0.4, -0.2) is 18.4 Å². The Balaban J connectivity index is 1.67. The summed E-state index contributed by atoms with van der Waals surface area (Å²) in [6.07, 6.45) is 0.753. The first kappa shape index (κ1) is 20.6. The molecule has 0 atom stereocenters. The molecule has 0 saturated heterocycles. The van der Waals surface area contributed by atoms with Crippen LogP contribution < -0.4 is 15.4 Å². The van der Waals surface area contributed by atoms with Crippen molar-refractivity contribution >= 4 is 39.1 Å². The molecule has 0 fully saturated rings. The van der Waals surface area contributed by atoms with Crippen LogP contribution in [0.5, 0.6) is 5.75 Å². The van der Waals surface area contributed by atoms with E-state index >= 15 is 0 Å². The van der Waals surface area contributed by atoms with Crippen LogP contribution in [0.15, 0.2) is 77.3 Å². The molecule has 0 aliphatic rings. The Morgan fingerprint density at radius 3 is 2.21 bits per heavy atom. The third kappa shape index (κ3) is 6.19. The summed E-state index contributed by atoms with van der Waals surface area (Å²) < 4.78 is 6.68. The summed E-state index contributed by atoms with van der Waals surface area (Å²) in [5.74, 6) is 0.109. The van der Waals surface area contributed by atoms with Gasteiger partial charge in [-0.3, -0.25) is 9.59 Å². The fraction of sp³-hybridized carbons (Fsp3) is 0.130. The second kappa shape index (κ2) is 9.89. The molecule has 5 nitrogen and oxygen atoms in total. The number of halogens is 1. The molecule has 3 rings (SSSR count). The molecular weight excluding hydrogens is 432 g/mol. The van der Waals surface area contributed by atoms with E-state index in [0.29, 0.717) is 29.3 Å². The third-order valence-corrected chi connectivity index (χ3v) is 4.63. The number of benzene rings is 3. The van der Waals surface area contributed by atoms with Gasteiger partial charge in [0.05, 0.1) is 12.2 Å². The van der Waals surface area contributed by atoms with E-state index in [1.807, 2.05) is 36.4 Å². The van der Waals surface area contributed by atoms with Crippen LogP contribution in [0.3, 0.4) is 0 Å². The standard InChI is InChI=1S/C23H21BrN2O3/c1-16(27)25-19-8-10-20(11-9-19)26-23(28)21-15-18(24)7-12-22(21)29-14-13-17-5-3-2-4-6-17/h2-12,15H,13-14H2,1H3,(H,25,27)(H,26,28). The highest BCUT2D eigenvalue weighted by Crippen LogP contribution is 2.25. The van der Waals surface area contributed by atoms with Gasteiger partial charge in [-0.05, 0) is 48.0 Å². The summed E-state index contributed by atoms with van der Waals surface area (Å²) in [4.78, 5) is 23.9. The van der Waals surface area contributed by atoms with Gasteiger partial charge in [-0.25, -0.2) is 0 Å². The first-order valence-electron chi connectivity index (χ1n) is 9.16. The Bertz CT molecular complexity index is 989. The summed E-state index contributed by atoms with van der Waals surface area (Å²) in [5, 5.41) is 5.55. The number of nitrogens with one attached hydrogen (secondary N) is 2. The van der Waals surface area contributed by atoms with Gasteiger partial charge in [-0.15, -0.1) is 0 Å². The number of rotatable bonds is 7. The Labute approximate surface area is 178 Å². The number of carbonyl (C=O) groups excluding carboxylic acids is 2. The lowest BCUT2D eigenvalue weighted by Gasteiger charge is -2.13. The van der Waals surface area contributed by atoms with Crippen molar-refractivity contribution in [2.24, 2.45) is 0 Å². The van der Waals surface area contributed by atoms with Gasteiger partial charge in [0.2, 0.25) is 5.91 Å². The molecule has 0 radical (unpaired) electrons. The van der Waals surface area contributed by atoms with Gasteiger partial charge < -0.3 is 15.4 Å². The fourth-order valence-electron chi connectivity index (χ4n) is 2.77. The van der Waals surface area contributed by atoms with Gasteiger partial charge in [0.25, 0.3) is 5.91 Å². The quantitative estimate of drug-likeness (QED) is 0.512. The van der Waals surface area contributed by atoms with Gasteiger partial charge in [-0.2, -0.15) is 0 Å². The van der Waals surface area contributed by atoms with E-state index in [1.165, 1.54) is 12.5 Å². The van der Waals surface area contributed by atoms with Crippen LogP contribution in [0.1, 0.15) is 22.8 Å². The summed E-state index contributed by atoms with van der Waals surface area (Å²) >= 11 is 3.41. The molecule has 148 valence electrons. The molecule has 6 heteroatoms. The Hall–Kier alpha value is -3.12. The zero-order valence-corrected chi connectivity index (χ0v) is 17.5. The Morgan fingerprint density at radius 1 is 0.897 bits per heavy atom. The minimum Gasteiger partial charge on any atom is -0.492 e. The molecule has 0 spiro atoms. The normalized spacial score (nSPS) is 10.3. The molecule has 0 heterocycles. The lowest BCUT2D eigenvalue weighted by Crippen LogP contribution is -2.14. The largest absolute Gasteiger partial charge is 0.492 e. The average Bonchev–Trinajstić information content (AvgIpc) is 2.71. The Kier molecular flexibility index (Phi) is 7.03. The maximum Gasteiger partial charge on any atom is 0.259 e. The summed E-state index contributed by atoms with van der Waals surface area (Å²) in [7, 11) is 0. The fourth-order valence-corrected chi connectivity index (χ4v) is 3.13. The predicted molar refractivity (Wildman–Crippen MR) is 118 cm³/mol. The van der Waals surface area contributed by atoms with Crippen LogP contribution in [0, 0.1) is 0 Å². The minimum absolute atomic E-state index is 0.145. The third-order valence-electron chi connectivity index (χ3n) is 4.14.